The van der Waals surface area contributed by atoms with E-state index in [4.69, 9.17) is 8.83 Å². The van der Waals surface area contributed by atoms with Gasteiger partial charge in [-0.2, -0.15) is 0 Å². The summed E-state index contributed by atoms with van der Waals surface area (Å²) in [5, 5.41) is 9.30. The first-order valence-electron chi connectivity index (χ1n) is 26.0. The highest BCUT2D eigenvalue weighted by atomic mass is 16.3. The molecule has 76 heavy (non-hydrogen) atoms. The molecule has 4 heteroatoms. The zero-order chi connectivity index (χ0) is 49.8. The third-order valence-electron chi connectivity index (χ3n) is 15.7. The Balaban J connectivity index is 0.739. The smallest absolute Gasteiger partial charge is 0.135 e. The van der Waals surface area contributed by atoms with E-state index in [1.54, 1.807) is 0 Å². The summed E-state index contributed by atoms with van der Waals surface area (Å²) in [5.41, 5.74) is 22.1. The first-order chi connectivity index (χ1) is 37.6. The van der Waals surface area contributed by atoms with E-state index < -0.39 is 0 Å². The van der Waals surface area contributed by atoms with Gasteiger partial charge in [0, 0.05) is 54.5 Å². The molecule has 0 aliphatic rings. The summed E-state index contributed by atoms with van der Waals surface area (Å²) in [7, 11) is 0. The van der Waals surface area contributed by atoms with Crippen molar-refractivity contribution in [2.45, 2.75) is 0 Å². The van der Waals surface area contributed by atoms with Gasteiger partial charge in [0.25, 0.3) is 0 Å². The second-order valence-electron chi connectivity index (χ2n) is 20.0. The molecule has 354 valence electrons. The summed E-state index contributed by atoms with van der Waals surface area (Å²) in [6, 6.07) is 96.5. The Kier molecular flexibility index (Phi) is 9.30. The second-order valence-corrected chi connectivity index (χ2v) is 20.0. The number of aromatic nitrogens is 2. The normalized spacial score (nSPS) is 11.9. The highest BCUT2D eigenvalue weighted by molar-refractivity contribution is 6.14. The highest BCUT2D eigenvalue weighted by Crippen LogP contribution is 2.42. The fraction of sp³-hybridized carbons (Fsp3) is 0. The predicted octanol–water partition coefficient (Wildman–Crippen LogP) is 20.0. The van der Waals surface area contributed by atoms with E-state index >= 15 is 0 Å². The molecule has 0 spiro atoms. The molecule has 0 amide bonds. The molecule has 0 unspecified atom stereocenters. The number of rotatable bonds is 7. The third-order valence-corrected chi connectivity index (χ3v) is 15.7. The van der Waals surface area contributed by atoms with Gasteiger partial charge in [0.2, 0.25) is 0 Å². The summed E-state index contributed by atoms with van der Waals surface area (Å²) in [6.07, 6.45) is 0. The third kappa shape index (κ3) is 6.71. The second kappa shape index (κ2) is 16.7. The van der Waals surface area contributed by atoms with Gasteiger partial charge in [0.05, 0.1) is 22.1 Å². The van der Waals surface area contributed by atoms with Crippen LogP contribution in [0, 0.1) is 0 Å². The average Bonchev–Trinajstić information content (AvgIpc) is 4.27. The molecule has 0 bridgehead atoms. The number of fused-ring (bicyclic) bond motifs is 12. The molecular formula is C72H44N2O2. The number of furan rings is 2. The molecule has 16 aromatic rings. The van der Waals surface area contributed by atoms with E-state index in [1.807, 2.05) is 0 Å². The maximum Gasteiger partial charge on any atom is 0.135 e. The van der Waals surface area contributed by atoms with Crippen LogP contribution in [-0.2, 0) is 0 Å². The van der Waals surface area contributed by atoms with E-state index in [0.717, 1.165) is 88.6 Å². The lowest BCUT2D eigenvalue weighted by molar-refractivity contribution is 0.668. The molecule has 0 radical (unpaired) electrons. The van der Waals surface area contributed by atoms with Gasteiger partial charge in [0.1, 0.15) is 22.3 Å². The van der Waals surface area contributed by atoms with Crippen LogP contribution in [-0.4, -0.2) is 9.13 Å². The topological polar surface area (TPSA) is 36.1 Å². The lowest BCUT2D eigenvalue weighted by Crippen LogP contribution is -1.93. The minimum absolute atomic E-state index is 0.872. The summed E-state index contributed by atoms with van der Waals surface area (Å²) in [6.45, 7) is 0. The Morgan fingerprint density at radius 1 is 0.184 bits per heavy atom. The fourth-order valence-electron chi connectivity index (χ4n) is 12.0. The number of hydrogen-bond donors (Lipinski definition) is 0. The Bertz CT molecular complexity index is 4680. The summed E-state index contributed by atoms with van der Waals surface area (Å²) < 4.78 is 17.8. The van der Waals surface area contributed by atoms with Crippen LogP contribution in [0.25, 0.3) is 154 Å². The van der Waals surface area contributed by atoms with E-state index in [9.17, 15) is 0 Å². The Morgan fingerprint density at radius 2 is 0.487 bits per heavy atom. The Morgan fingerprint density at radius 3 is 0.921 bits per heavy atom. The van der Waals surface area contributed by atoms with E-state index in [1.165, 1.54) is 65.9 Å². The van der Waals surface area contributed by atoms with Crippen molar-refractivity contribution in [3.63, 3.8) is 0 Å². The van der Waals surface area contributed by atoms with Gasteiger partial charge >= 0.3 is 0 Å². The standard InChI is InChI=1S/C72H44N2O2/c1-3-13-45(14-4-1)51-25-31-67-59(39-51)57-21-7-9-23-65(57)73(67)55-29-35-71-63(43-55)61-41-53(27-33-69(61)75-71)49-19-11-17-47(37-49)48-18-12-20-50(38-48)54-28-34-70-62(42-54)64-44-56(30-36-72(64)76-70)74-66-24-10-8-22-58(66)60-40-52(26-32-68(60)74)46-15-5-2-6-16-46/h1-44H. The van der Waals surface area contributed by atoms with Crippen molar-refractivity contribution >= 4 is 87.5 Å². The minimum Gasteiger partial charge on any atom is -0.456 e. The molecule has 0 atom stereocenters. The summed E-state index contributed by atoms with van der Waals surface area (Å²) >= 11 is 0. The number of benzene rings is 12. The molecule has 0 fully saturated rings. The molecule has 0 saturated heterocycles. The van der Waals surface area contributed by atoms with Crippen LogP contribution in [0.4, 0.5) is 0 Å². The molecular weight excluding hydrogens is 925 g/mol. The zero-order valence-electron chi connectivity index (χ0n) is 41.1. The van der Waals surface area contributed by atoms with Gasteiger partial charge in [0.15, 0.2) is 0 Å². The molecule has 4 nitrogen and oxygen atoms in total. The monoisotopic (exact) mass is 968 g/mol. The number of hydrogen-bond acceptors (Lipinski definition) is 2. The summed E-state index contributed by atoms with van der Waals surface area (Å²) in [5.74, 6) is 0. The van der Waals surface area contributed by atoms with Gasteiger partial charge in [-0.05, 0) is 165 Å². The highest BCUT2D eigenvalue weighted by Gasteiger charge is 2.19. The van der Waals surface area contributed by atoms with Crippen LogP contribution < -0.4 is 0 Å². The largest absolute Gasteiger partial charge is 0.456 e. The van der Waals surface area contributed by atoms with E-state index in [0.29, 0.717) is 0 Å². The Labute approximate surface area is 437 Å². The van der Waals surface area contributed by atoms with Gasteiger partial charge < -0.3 is 18.0 Å². The maximum absolute atomic E-state index is 6.50. The molecule has 4 heterocycles. The summed E-state index contributed by atoms with van der Waals surface area (Å²) in [4.78, 5) is 0. The van der Waals surface area contributed by atoms with Crippen LogP contribution in [0.15, 0.2) is 276 Å². The molecule has 0 aliphatic carbocycles. The van der Waals surface area contributed by atoms with Crippen molar-refractivity contribution in [2.75, 3.05) is 0 Å². The SMILES string of the molecule is c1ccc(-c2ccc3c(c2)c2ccccc2n3-c2ccc3oc4ccc(-c5cccc(-c6cccc(-c7ccc8oc9ccc(-n%10c%11ccccc%11c%11cc(-c%12ccccc%12)ccc%11%10)cc9c8c7)c6)c5)cc4c3c2)cc1. The van der Waals surface area contributed by atoms with Gasteiger partial charge in [-0.25, -0.2) is 0 Å². The Hall–Kier alpha value is -10.2. The molecule has 4 aromatic heterocycles. The predicted molar refractivity (Wildman–Crippen MR) is 317 cm³/mol. The quantitative estimate of drug-likeness (QED) is 0.160. The molecule has 16 rings (SSSR count). The van der Waals surface area contributed by atoms with Crippen LogP contribution >= 0.6 is 0 Å². The molecule has 0 saturated carbocycles. The van der Waals surface area contributed by atoms with Crippen molar-refractivity contribution < 1.29 is 8.83 Å². The van der Waals surface area contributed by atoms with Gasteiger partial charge in [-0.15, -0.1) is 0 Å². The van der Waals surface area contributed by atoms with Crippen molar-refractivity contribution in [2.24, 2.45) is 0 Å². The van der Waals surface area contributed by atoms with Crippen LogP contribution in [0.2, 0.25) is 0 Å². The van der Waals surface area contributed by atoms with Crippen molar-refractivity contribution in [1.82, 2.24) is 9.13 Å². The van der Waals surface area contributed by atoms with Gasteiger partial charge in [-0.1, -0.05) is 158 Å². The number of nitrogens with zero attached hydrogens (tertiary/aromatic N) is 2. The van der Waals surface area contributed by atoms with E-state index in [2.05, 4.69) is 276 Å². The van der Waals surface area contributed by atoms with Crippen molar-refractivity contribution in [1.29, 1.82) is 0 Å². The lowest BCUT2D eigenvalue weighted by Gasteiger charge is -2.10. The van der Waals surface area contributed by atoms with Crippen LogP contribution in [0.1, 0.15) is 0 Å². The van der Waals surface area contributed by atoms with Crippen molar-refractivity contribution in [3.05, 3.63) is 267 Å². The first kappa shape index (κ1) is 42.4. The minimum atomic E-state index is 0.872. The number of para-hydroxylation sites is 2. The first-order valence-corrected chi connectivity index (χ1v) is 26.0. The van der Waals surface area contributed by atoms with Crippen LogP contribution in [0.5, 0.6) is 0 Å². The molecule has 0 aliphatic heterocycles. The fourth-order valence-corrected chi connectivity index (χ4v) is 12.0. The lowest BCUT2D eigenvalue weighted by atomic mass is 9.95. The average molecular weight is 969 g/mol. The van der Waals surface area contributed by atoms with Gasteiger partial charge in [-0.3, -0.25) is 0 Å². The zero-order valence-corrected chi connectivity index (χ0v) is 41.1. The van der Waals surface area contributed by atoms with Crippen molar-refractivity contribution in [3.8, 4) is 67.0 Å². The van der Waals surface area contributed by atoms with Crippen LogP contribution in [0.3, 0.4) is 0 Å². The molecule has 12 aromatic carbocycles. The maximum atomic E-state index is 6.50. The molecule has 0 N–H and O–H groups in total. The van der Waals surface area contributed by atoms with E-state index in [-0.39, 0.29) is 0 Å².